The van der Waals surface area contributed by atoms with Crippen LogP contribution < -0.4 is 10.1 Å². The third-order valence-corrected chi connectivity index (χ3v) is 3.65. The lowest BCUT2D eigenvalue weighted by Crippen LogP contribution is -2.14. The Kier molecular flexibility index (Phi) is 6.03. The number of aryl methyl sites for hydroxylation is 1. The van der Waals surface area contributed by atoms with E-state index in [0.717, 1.165) is 40.9 Å². The van der Waals surface area contributed by atoms with Gasteiger partial charge in [0.05, 0.1) is 0 Å². The van der Waals surface area contributed by atoms with E-state index in [-0.39, 0.29) is 0 Å². The smallest absolute Gasteiger partial charge is 0.223 e. The molecule has 0 amide bonds. The van der Waals surface area contributed by atoms with Gasteiger partial charge >= 0.3 is 0 Å². The molecule has 0 spiro atoms. The van der Waals surface area contributed by atoms with Crippen molar-refractivity contribution in [3.8, 4) is 11.6 Å². The number of nitrogens with zero attached hydrogens (tertiary/aromatic N) is 1. The van der Waals surface area contributed by atoms with E-state index in [9.17, 15) is 0 Å². The van der Waals surface area contributed by atoms with Gasteiger partial charge in [-0.15, -0.1) is 0 Å². The Labute approximate surface area is 138 Å². The van der Waals surface area contributed by atoms with E-state index in [1.165, 1.54) is 0 Å². The van der Waals surface area contributed by atoms with Crippen LogP contribution in [0.15, 0.2) is 34.9 Å². The van der Waals surface area contributed by atoms with Gasteiger partial charge in [0, 0.05) is 27.8 Å². The van der Waals surface area contributed by atoms with E-state index in [1.54, 1.807) is 6.20 Å². The van der Waals surface area contributed by atoms with Crippen molar-refractivity contribution in [2.24, 2.45) is 0 Å². The van der Waals surface area contributed by atoms with Gasteiger partial charge in [0.25, 0.3) is 0 Å². The van der Waals surface area contributed by atoms with Crippen molar-refractivity contribution in [1.82, 2.24) is 10.3 Å². The molecule has 0 aliphatic heterocycles. The minimum absolute atomic E-state index is 0.618. The molecule has 2 rings (SSSR count). The van der Waals surface area contributed by atoms with E-state index in [4.69, 9.17) is 16.3 Å². The highest BCUT2D eigenvalue weighted by Crippen LogP contribution is 2.29. The highest BCUT2D eigenvalue weighted by molar-refractivity contribution is 9.10. The van der Waals surface area contributed by atoms with Crippen molar-refractivity contribution in [3.63, 3.8) is 0 Å². The zero-order valence-electron chi connectivity index (χ0n) is 12.1. The molecule has 3 nitrogen and oxygen atoms in total. The predicted octanol–water partition coefficient (Wildman–Crippen LogP) is 5.10. The molecule has 0 saturated heterocycles. The highest BCUT2D eigenvalue weighted by Gasteiger charge is 2.09. The average molecular weight is 370 g/mol. The first-order chi connectivity index (χ1) is 10.1. The fourth-order valence-corrected chi connectivity index (χ4v) is 2.52. The molecule has 0 aliphatic rings. The van der Waals surface area contributed by atoms with Crippen molar-refractivity contribution < 1.29 is 4.74 Å². The summed E-state index contributed by atoms with van der Waals surface area (Å²) in [4.78, 5) is 4.37. The maximum absolute atomic E-state index is 5.97. The molecular weight excluding hydrogens is 352 g/mol. The van der Waals surface area contributed by atoms with Gasteiger partial charge in [0.1, 0.15) is 5.75 Å². The fourth-order valence-electron chi connectivity index (χ4n) is 1.92. The summed E-state index contributed by atoms with van der Waals surface area (Å²) in [5.74, 6) is 1.39. The van der Waals surface area contributed by atoms with Crippen molar-refractivity contribution >= 4 is 27.5 Å². The number of ether oxygens (including phenoxy) is 1. The second-order valence-electron chi connectivity index (χ2n) is 4.81. The minimum atomic E-state index is 0.618. The topological polar surface area (TPSA) is 34.2 Å². The lowest BCUT2D eigenvalue weighted by molar-refractivity contribution is 0.449. The Morgan fingerprint density at radius 3 is 2.86 bits per heavy atom. The molecule has 0 bridgehead atoms. The Balaban J connectivity index is 2.22. The molecule has 0 fully saturated rings. The molecular formula is C16H18BrClN2O. The summed E-state index contributed by atoms with van der Waals surface area (Å²) >= 11 is 9.42. The molecule has 5 heteroatoms. The van der Waals surface area contributed by atoms with Crippen molar-refractivity contribution in [2.75, 3.05) is 6.54 Å². The highest BCUT2D eigenvalue weighted by atomic mass is 79.9. The minimum Gasteiger partial charge on any atom is -0.438 e. The lowest BCUT2D eigenvalue weighted by Gasteiger charge is -2.13. The second-order valence-corrected chi connectivity index (χ2v) is 6.16. The van der Waals surface area contributed by atoms with Gasteiger partial charge in [-0.3, -0.25) is 0 Å². The molecule has 0 atom stereocenters. The lowest BCUT2D eigenvalue weighted by atomic mass is 10.2. The SMILES string of the molecule is CCCNCc1cc(Br)cnc1Oc1ccc(Cl)cc1C. The molecule has 1 N–H and O–H groups in total. The third-order valence-electron chi connectivity index (χ3n) is 2.98. The van der Waals surface area contributed by atoms with Gasteiger partial charge in [-0.25, -0.2) is 4.98 Å². The molecule has 1 aromatic carbocycles. The van der Waals surface area contributed by atoms with Gasteiger partial charge in [0.15, 0.2) is 0 Å². The van der Waals surface area contributed by atoms with Crippen LogP contribution in [0.1, 0.15) is 24.5 Å². The van der Waals surface area contributed by atoms with Crippen LogP contribution in [-0.4, -0.2) is 11.5 Å². The molecule has 0 saturated carbocycles. The maximum atomic E-state index is 5.97. The molecule has 0 radical (unpaired) electrons. The van der Waals surface area contributed by atoms with Crippen molar-refractivity contribution in [2.45, 2.75) is 26.8 Å². The molecule has 1 heterocycles. The van der Waals surface area contributed by atoms with Crippen LogP contribution in [0.3, 0.4) is 0 Å². The van der Waals surface area contributed by atoms with Crippen LogP contribution >= 0.6 is 27.5 Å². The number of benzene rings is 1. The molecule has 21 heavy (non-hydrogen) atoms. The summed E-state index contributed by atoms with van der Waals surface area (Å²) in [6, 6.07) is 7.59. The first-order valence-corrected chi connectivity index (χ1v) is 8.06. The van der Waals surface area contributed by atoms with Gasteiger partial charge in [-0.2, -0.15) is 0 Å². The molecule has 1 aromatic heterocycles. The number of pyridine rings is 1. The molecule has 0 unspecified atom stereocenters. The number of rotatable bonds is 6. The molecule has 0 aliphatic carbocycles. The number of hydrogen-bond acceptors (Lipinski definition) is 3. The Morgan fingerprint density at radius 1 is 1.33 bits per heavy atom. The number of halogens is 2. The van der Waals surface area contributed by atoms with Crippen LogP contribution in [0.2, 0.25) is 5.02 Å². The standard InChI is InChI=1S/C16H18BrClN2O/c1-3-6-19-9-12-8-13(17)10-20-16(12)21-15-5-4-14(18)7-11(15)2/h4-5,7-8,10,19H,3,6,9H2,1-2H3. The Morgan fingerprint density at radius 2 is 2.14 bits per heavy atom. The average Bonchev–Trinajstić information content (AvgIpc) is 2.44. The fraction of sp³-hybridized carbons (Fsp3) is 0.312. The van der Waals surface area contributed by atoms with Gasteiger partial charge in [0.2, 0.25) is 5.88 Å². The van der Waals surface area contributed by atoms with Crippen molar-refractivity contribution in [3.05, 3.63) is 51.1 Å². The van der Waals surface area contributed by atoms with Gasteiger partial charge in [-0.05, 0) is 65.6 Å². The Hall–Kier alpha value is -1.10. The summed E-state index contributed by atoms with van der Waals surface area (Å²) in [5, 5.41) is 4.07. The Bertz CT molecular complexity index is 619. The largest absolute Gasteiger partial charge is 0.438 e. The van der Waals surface area contributed by atoms with Crippen molar-refractivity contribution in [1.29, 1.82) is 0 Å². The second kappa shape index (κ2) is 7.78. The summed E-state index contributed by atoms with van der Waals surface area (Å²) < 4.78 is 6.89. The van der Waals surface area contributed by atoms with Gasteiger partial charge in [-0.1, -0.05) is 18.5 Å². The quantitative estimate of drug-likeness (QED) is 0.719. The summed E-state index contributed by atoms with van der Waals surface area (Å²) in [5.41, 5.74) is 2.01. The third kappa shape index (κ3) is 4.70. The number of aromatic nitrogens is 1. The normalized spacial score (nSPS) is 10.7. The van der Waals surface area contributed by atoms with E-state index in [1.807, 2.05) is 31.2 Å². The first-order valence-electron chi connectivity index (χ1n) is 6.89. The van der Waals surface area contributed by atoms with Crippen LogP contribution in [0.5, 0.6) is 11.6 Å². The predicted molar refractivity (Wildman–Crippen MR) is 90.2 cm³/mol. The van der Waals surface area contributed by atoms with E-state index in [0.29, 0.717) is 10.9 Å². The zero-order valence-corrected chi connectivity index (χ0v) is 14.5. The number of nitrogens with one attached hydrogen (secondary N) is 1. The van der Waals surface area contributed by atoms with Crippen LogP contribution in [0.25, 0.3) is 0 Å². The van der Waals surface area contributed by atoms with Crippen LogP contribution in [-0.2, 0) is 6.54 Å². The number of hydrogen-bond donors (Lipinski definition) is 1. The van der Waals surface area contributed by atoms with Gasteiger partial charge < -0.3 is 10.1 Å². The summed E-state index contributed by atoms with van der Waals surface area (Å²) in [7, 11) is 0. The molecule has 112 valence electrons. The monoisotopic (exact) mass is 368 g/mol. The van der Waals surface area contributed by atoms with E-state index >= 15 is 0 Å². The molecule has 2 aromatic rings. The van der Waals surface area contributed by atoms with E-state index < -0.39 is 0 Å². The zero-order chi connectivity index (χ0) is 15.2. The first kappa shape index (κ1) is 16.3. The summed E-state index contributed by atoms with van der Waals surface area (Å²) in [6.45, 7) is 5.80. The summed E-state index contributed by atoms with van der Waals surface area (Å²) in [6.07, 6.45) is 2.83. The maximum Gasteiger partial charge on any atom is 0.223 e. The van der Waals surface area contributed by atoms with Crippen LogP contribution in [0, 0.1) is 6.92 Å². The van der Waals surface area contributed by atoms with Crippen LogP contribution in [0.4, 0.5) is 0 Å². The van der Waals surface area contributed by atoms with E-state index in [2.05, 4.69) is 33.2 Å².